The first kappa shape index (κ1) is 16.4. The van der Waals surface area contributed by atoms with E-state index < -0.39 is 0 Å². The first-order valence-electron chi connectivity index (χ1n) is 8.60. The van der Waals surface area contributed by atoms with Crippen molar-refractivity contribution in [2.24, 2.45) is 13.0 Å². The lowest BCUT2D eigenvalue weighted by atomic mass is 10.1. The average molecular weight is 352 g/mol. The van der Waals surface area contributed by atoms with Gasteiger partial charge in [-0.25, -0.2) is 4.98 Å². The third kappa shape index (κ3) is 3.08. The summed E-state index contributed by atoms with van der Waals surface area (Å²) in [6.45, 7) is 1.15. The molecule has 2 aromatic heterocycles. The molecule has 7 heteroatoms. The van der Waals surface area contributed by atoms with Gasteiger partial charge in [-0.3, -0.25) is 9.59 Å². The Morgan fingerprint density at radius 3 is 2.92 bits per heavy atom. The lowest BCUT2D eigenvalue weighted by molar-refractivity contribution is -0.129. The van der Waals surface area contributed by atoms with E-state index in [1.807, 2.05) is 41.9 Å². The molecule has 3 heterocycles. The van der Waals surface area contributed by atoms with Crippen LogP contribution in [0.5, 0.6) is 0 Å². The van der Waals surface area contributed by atoms with Crippen molar-refractivity contribution in [3.63, 3.8) is 0 Å². The third-order valence-electron chi connectivity index (χ3n) is 4.81. The summed E-state index contributed by atoms with van der Waals surface area (Å²) in [6.07, 6.45) is 1.81. The van der Waals surface area contributed by atoms with Crippen molar-refractivity contribution >= 4 is 22.8 Å². The van der Waals surface area contributed by atoms with Crippen molar-refractivity contribution in [2.45, 2.75) is 19.5 Å². The minimum Gasteiger partial charge on any atom is -0.467 e. The number of fused-ring (bicyclic) bond motifs is 1. The molecule has 4 rings (SSSR count). The number of nitrogens with one attached hydrogen (secondary N) is 1. The third-order valence-corrected chi connectivity index (χ3v) is 4.81. The molecule has 0 bridgehead atoms. The van der Waals surface area contributed by atoms with E-state index in [1.54, 1.807) is 17.2 Å². The quantitative estimate of drug-likeness (QED) is 0.760. The molecular formula is C19H20N4O3. The Morgan fingerprint density at radius 1 is 1.31 bits per heavy atom. The van der Waals surface area contributed by atoms with Crippen LogP contribution in [0.2, 0.25) is 0 Å². The Morgan fingerprint density at radius 2 is 2.15 bits per heavy atom. The molecule has 1 aromatic carbocycles. The van der Waals surface area contributed by atoms with Gasteiger partial charge in [-0.05, 0) is 24.3 Å². The van der Waals surface area contributed by atoms with Crippen molar-refractivity contribution in [3.05, 3.63) is 54.2 Å². The van der Waals surface area contributed by atoms with Crippen LogP contribution in [0, 0.1) is 5.92 Å². The molecule has 1 atom stereocenters. The van der Waals surface area contributed by atoms with Crippen LogP contribution in [0.3, 0.4) is 0 Å². The summed E-state index contributed by atoms with van der Waals surface area (Å²) in [6, 6.07) is 11.5. The summed E-state index contributed by atoms with van der Waals surface area (Å²) in [5.41, 5.74) is 1.93. The van der Waals surface area contributed by atoms with Crippen LogP contribution < -0.4 is 5.32 Å². The molecule has 1 aliphatic rings. The zero-order chi connectivity index (χ0) is 18.1. The molecule has 1 N–H and O–H groups in total. The van der Waals surface area contributed by atoms with E-state index in [0.29, 0.717) is 19.6 Å². The van der Waals surface area contributed by atoms with E-state index in [9.17, 15) is 9.59 Å². The second-order valence-corrected chi connectivity index (χ2v) is 6.55. The minimum atomic E-state index is -0.341. The molecule has 2 amide bonds. The maximum Gasteiger partial charge on any atom is 0.225 e. The van der Waals surface area contributed by atoms with Gasteiger partial charge < -0.3 is 19.2 Å². The first-order valence-corrected chi connectivity index (χ1v) is 8.60. The smallest absolute Gasteiger partial charge is 0.225 e. The SMILES string of the molecule is Cn1c(CNC(=O)C2CC(=O)N(Cc3ccco3)C2)nc2ccccc21. The number of amides is 2. The topological polar surface area (TPSA) is 80.4 Å². The molecule has 134 valence electrons. The van der Waals surface area contributed by atoms with E-state index in [0.717, 1.165) is 22.6 Å². The molecule has 1 saturated heterocycles. The number of aryl methyl sites for hydroxylation is 1. The Balaban J connectivity index is 1.37. The summed E-state index contributed by atoms with van der Waals surface area (Å²) in [4.78, 5) is 30.9. The van der Waals surface area contributed by atoms with E-state index in [2.05, 4.69) is 10.3 Å². The van der Waals surface area contributed by atoms with Gasteiger partial charge in [0.2, 0.25) is 11.8 Å². The van der Waals surface area contributed by atoms with Crippen molar-refractivity contribution < 1.29 is 14.0 Å². The maximum atomic E-state index is 12.5. The maximum absolute atomic E-state index is 12.5. The average Bonchev–Trinajstić information content (AvgIpc) is 3.35. The fraction of sp³-hybridized carbons (Fsp3) is 0.316. The highest BCUT2D eigenvalue weighted by atomic mass is 16.3. The summed E-state index contributed by atoms with van der Waals surface area (Å²) in [5.74, 6) is 1.03. The van der Waals surface area contributed by atoms with Gasteiger partial charge in [0.25, 0.3) is 0 Å². The van der Waals surface area contributed by atoms with Gasteiger partial charge in [0.1, 0.15) is 11.6 Å². The number of benzene rings is 1. The summed E-state index contributed by atoms with van der Waals surface area (Å²) >= 11 is 0. The number of carbonyl (C=O) groups excluding carboxylic acids is 2. The van der Waals surface area contributed by atoms with E-state index in [1.165, 1.54) is 0 Å². The molecule has 3 aromatic rings. The molecule has 7 nitrogen and oxygen atoms in total. The zero-order valence-corrected chi connectivity index (χ0v) is 14.5. The Kier molecular flexibility index (Phi) is 4.20. The molecular weight excluding hydrogens is 332 g/mol. The Hall–Kier alpha value is -3.09. The highest BCUT2D eigenvalue weighted by Gasteiger charge is 2.34. The van der Waals surface area contributed by atoms with Crippen LogP contribution in [0.25, 0.3) is 11.0 Å². The van der Waals surface area contributed by atoms with Gasteiger partial charge in [0.05, 0.1) is 36.3 Å². The van der Waals surface area contributed by atoms with Crippen LogP contribution in [0.15, 0.2) is 47.1 Å². The van der Waals surface area contributed by atoms with Crippen LogP contribution in [-0.4, -0.2) is 32.8 Å². The summed E-state index contributed by atoms with van der Waals surface area (Å²) in [5, 5.41) is 2.92. The number of aromatic nitrogens is 2. The zero-order valence-electron chi connectivity index (χ0n) is 14.5. The standard InChI is InChI=1S/C19H20N4O3/c1-22-16-7-3-2-6-15(16)21-17(22)10-20-19(25)13-9-18(24)23(11-13)12-14-5-4-8-26-14/h2-8,13H,9-12H2,1H3,(H,20,25). The summed E-state index contributed by atoms with van der Waals surface area (Å²) < 4.78 is 7.25. The lowest BCUT2D eigenvalue weighted by Gasteiger charge is -2.15. The van der Waals surface area contributed by atoms with Crippen LogP contribution in [0.1, 0.15) is 18.0 Å². The van der Waals surface area contributed by atoms with Crippen molar-refractivity contribution in [2.75, 3.05) is 6.54 Å². The predicted octanol–water partition coefficient (Wildman–Crippen LogP) is 1.83. The Bertz CT molecular complexity index is 945. The number of hydrogen-bond donors (Lipinski definition) is 1. The molecule has 1 fully saturated rings. The van der Waals surface area contributed by atoms with Gasteiger partial charge in [-0.1, -0.05) is 12.1 Å². The molecule has 0 aliphatic carbocycles. The van der Waals surface area contributed by atoms with Crippen molar-refractivity contribution in [3.8, 4) is 0 Å². The molecule has 1 aliphatic heterocycles. The van der Waals surface area contributed by atoms with Crippen LogP contribution >= 0.6 is 0 Å². The molecule has 0 saturated carbocycles. The first-order chi connectivity index (χ1) is 12.6. The largest absolute Gasteiger partial charge is 0.467 e. The molecule has 0 radical (unpaired) electrons. The number of nitrogens with zero attached hydrogens (tertiary/aromatic N) is 3. The van der Waals surface area contributed by atoms with Gasteiger partial charge in [-0.2, -0.15) is 0 Å². The molecule has 0 spiro atoms. The normalized spacial score (nSPS) is 17.2. The number of carbonyl (C=O) groups is 2. The minimum absolute atomic E-state index is 0.0238. The number of likely N-dealkylation sites (tertiary alicyclic amines) is 1. The monoisotopic (exact) mass is 352 g/mol. The second kappa shape index (κ2) is 6.67. The lowest BCUT2D eigenvalue weighted by Crippen LogP contribution is -2.33. The molecule has 26 heavy (non-hydrogen) atoms. The highest BCUT2D eigenvalue weighted by Crippen LogP contribution is 2.21. The van der Waals surface area contributed by atoms with Gasteiger partial charge in [0, 0.05) is 20.0 Å². The predicted molar refractivity (Wildman–Crippen MR) is 94.8 cm³/mol. The van der Waals surface area contributed by atoms with Crippen LogP contribution in [-0.2, 0) is 29.7 Å². The number of furan rings is 1. The summed E-state index contributed by atoms with van der Waals surface area (Å²) in [7, 11) is 1.93. The molecule has 1 unspecified atom stereocenters. The van der Waals surface area contributed by atoms with Crippen molar-refractivity contribution in [1.82, 2.24) is 19.8 Å². The number of para-hydroxylation sites is 2. The Labute approximate surface area is 150 Å². The van der Waals surface area contributed by atoms with Gasteiger partial charge in [0.15, 0.2) is 0 Å². The fourth-order valence-corrected chi connectivity index (χ4v) is 3.36. The number of imidazole rings is 1. The van der Waals surface area contributed by atoms with Crippen LogP contribution in [0.4, 0.5) is 0 Å². The van der Waals surface area contributed by atoms with E-state index >= 15 is 0 Å². The highest BCUT2D eigenvalue weighted by molar-refractivity contribution is 5.89. The fourth-order valence-electron chi connectivity index (χ4n) is 3.36. The van der Waals surface area contributed by atoms with E-state index in [4.69, 9.17) is 4.42 Å². The van der Waals surface area contributed by atoms with Crippen molar-refractivity contribution in [1.29, 1.82) is 0 Å². The number of rotatable bonds is 5. The number of hydrogen-bond acceptors (Lipinski definition) is 4. The second-order valence-electron chi connectivity index (χ2n) is 6.55. The van der Waals surface area contributed by atoms with Gasteiger partial charge in [-0.15, -0.1) is 0 Å². The van der Waals surface area contributed by atoms with Gasteiger partial charge >= 0.3 is 0 Å². The van der Waals surface area contributed by atoms with E-state index in [-0.39, 0.29) is 24.2 Å².